The molecule has 0 bridgehead atoms. The maximum absolute atomic E-state index is 14.6. The Morgan fingerprint density at radius 1 is 0.976 bits per heavy atom. The van der Waals surface area contributed by atoms with Crippen LogP contribution in [0.5, 0.6) is 0 Å². The second-order valence-electron chi connectivity index (χ2n) is 9.69. The standard InChI is InChI=1S/C32H29Cl2N3O2S2/c1-20-17-27(40-3)29(30(35-20)41-4)36-31(38)37(19-21-13-15-23(33)16-14-21)32(2,24-10-6-7-11-25(24)34)28-18-22-9-5-8-12-26(22)39-28/h5-18H,19H2,1-4H3,(H,36,38). The topological polar surface area (TPSA) is 58.4 Å². The molecule has 3 aromatic carbocycles. The van der Waals surface area contributed by atoms with E-state index in [4.69, 9.17) is 27.6 Å². The number of nitrogens with one attached hydrogen (secondary N) is 1. The van der Waals surface area contributed by atoms with Crippen LogP contribution in [0.3, 0.4) is 0 Å². The number of aromatic nitrogens is 1. The zero-order chi connectivity index (χ0) is 29.1. The molecule has 1 atom stereocenters. The summed E-state index contributed by atoms with van der Waals surface area (Å²) in [7, 11) is 0. The Bertz CT molecular complexity index is 1650. The molecule has 5 aromatic rings. The second-order valence-corrected chi connectivity index (χ2v) is 12.2. The Morgan fingerprint density at radius 3 is 2.37 bits per heavy atom. The fraction of sp³-hybridized carbons (Fsp3) is 0.188. The van der Waals surface area contributed by atoms with E-state index >= 15 is 0 Å². The predicted molar refractivity (Wildman–Crippen MR) is 173 cm³/mol. The minimum atomic E-state index is -1.10. The van der Waals surface area contributed by atoms with E-state index in [0.717, 1.165) is 37.7 Å². The molecule has 0 saturated carbocycles. The molecule has 1 N–H and O–H groups in total. The molecule has 41 heavy (non-hydrogen) atoms. The number of aryl methyl sites for hydroxylation is 1. The van der Waals surface area contributed by atoms with E-state index in [1.54, 1.807) is 16.7 Å². The lowest BCUT2D eigenvalue weighted by Crippen LogP contribution is -2.49. The van der Waals surface area contributed by atoms with Crippen LogP contribution < -0.4 is 5.32 Å². The highest BCUT2D eigenvalue weighted by molar-refractivity contribution is 7.99. The number of anilines is 1. The van der Waals surface area contributed by atoms with Crippen molar-refractivity contribution in [2.24, 2.45) is 0 Å². The van der Waals surface area contributed by atoms with Crippen molar-refractivity contribution in [1.29, 1.82) is 0 Å². The number of amides is 2. The van der Waals surface area contributed by atoms with Gasteiger partial charge in [-0.05, 0) is 68.3 Å². The minimum Gasteiger partial charge on any atom is -0.458 e. The van der Waals surface area contributed by atoms with Crippen LogP contribution in [0.4, 0.5) is 10.5 Å². The molecular formula is C32H29Cl2N3O2S2. The van der Waals surface area contributed by atoms with Gasteiger partial charge in [-0.15, -0.1) is 23.5 Å². The van der Waals surface area contributed by atoms with Crippen LogP contribution in [0.25, 0.3) is 11.0 Å². The van der Waals surface area contributed by atoms with E-state index in [-0.39, 0.29) is 12.6 Å². The van der Waals surface area contributed by atoms with Crippen LogP contribution in [0.15, 0.2) is 99.3 Å². The third kappa shape index (κ3) is 5.95. The smallest absolute Gasteiger partial charge is 0.323 e. The SMILES string of the molecule is CSc1cc(C)nc(SC)c1NC(=O)N(Cc1ccc(Cl)cc1)C(C)(c1cc2ccccc2o1)c1ccccc1Cl. The van der Waals surface area contributed by atoms with Gasteiger partial charge in [0.05, 0.1) is 5.69 Å². The zero-order valence-electron chi connectivity index (χ0n) is 23.1. The number of hydrogen-bond donors (Lipinski definition) is 1. The van der Waals surface area contributed by atoms with Crippen molar-refractivity contribution in [2.75, 3.05) is 17.8 Å². The summed E-state index contributed by atoms with van der Waals surface area (Å²) in [4.78, 5) is 22.0. The molecule has 0 aliphatic carbocycles. The van der Waals surface area contributed by atoms with Crippen LogP contribution in [-0.2, 0) is 12.1 Å². The number of hydrogen-bond acceptors (Lipinski definition) is 5. The van der Waals surface area contributed by atoms with Crippen molar-refractivity contribution in [2.45, 2.75) is 35.9 Å². The molecule has 0 fully saturated rings. The first-order chi connectivity index (χ1) is 19.7. The fourth-order valence-corrected chi connectivity index (χ4v) is 6.66. The van der Waals surface area contributed by atoms with Gasteiger partial charge in [-0.1, -0.05) is 71.7 Å². The largest absolute Gasteiger partial charge is 0.458 e. The summed E-state index contributed by atoms with van der Waals surface area (Å²) in [6.07, 6.45) is 3.94. The molecule has 0 radical (unpaired) electrons. The number of fused-ring (bicyclic) bond motifs is 1. The highest BCUT2D eigenvalue weighted by atomic mass is 35.5. The van der Waals surface area contributed by atoms with Crippen LogP contribution in [0.1, 0.15) is 29.5 Å². The molecule has 2 heterocycles. The van der Waals surface area contributed by atoms with Gasteiger partial charge in [-0.25, -0.2) is 9.78 Å². The molecule has 1 unspecified atom stereocenters. The molecule has 2 aromatic heterocycles. The number of para-hydroxylation sites is 1. The van der Waals surface area contributed by atoms with E-state index in [2.05, 4.69) is 10.3 Å². The van der Waals surface area contributed by atoms with Gasteiger partial charge in [0.2, 0.25) is 0 Å². The average Bonchev–Trinajstić information content (AvgIpc) is 3.42. The van der Waals surface area contributed by atoms with Crippen molar-refractivity contribution in [3.8, 4) is 0 Å². The summed E-state index contributed by atoms with van der Waals surface area (Å²) in [5, 5.41) is 6.04. The molecule has 0 aliphatic heterocycles. The van der Waals surface area contributed by atoms with Crippen molar-refractivity contribution >= 4 is 69.4 Å². The third-order valence-electron chi connectivity index (χ3n) is 7.07. The Labute approximate surface area is 258 Å². The molecule has 0 spiro atoms. The number of pyridine rings is 1. The maximum Gasteiger partial charge on any atom is 0.323 e. The number of furan rings is 1. The van der Waals surface area contributed by atoms with Gasteiger partial charge in [-0.2, -0.15) is 0 Å². The molecule has 0 saturated heterocycles. The number of benzene rings is 3. The average molecular weight is 623 g/mol. The summed E-state index contributed by atoms with van der Waals surface area (Å²) in [6.45, 7) is 4.18. The predicted octanol–water partition coefficient (Wildman–Crippen LogP) is 9.88. The van der Waals surface area contributed by atoms with Crippen molar-refractivity contribution in [3.05, 3.63) is 118 Å². The second kappa shape index (κ2) is 12.4. The first-order valence-electron chi connectivity index (χ1n) is 12.9. The lowest BCUT2D eigenvalue weighted by molar-refractivity contribution is 0.137. The molecule has 5 nitrogen and oxygen atoms in total. The summed E-state index contributed by atoms with van der Waals surface area (Å²) in [5.41, 5.74) is 2.83. The molecule has 5 rings (SSSR count). The Hall–Kier alpha value is -3.10. The van der Waals surface area contributed by atoms with Gasteiger partial charge in [0.15, 0.2) is 0 Å². The Balaban J connectivity index is 1.71. The number of halogens is 2. The summed E-state index contributed by atoms with van der Waals surface area (Å²) >= 11 is 16.1. The Kier molecular flexibility index (Phi) is 8.90. The van der Waals surface area contributed by atoms with Crippen LogP contribution in [0, 0.1) is 6.92 Å². The summed E-state index contributed by atoms with van der Waals surface area (Å²) in [5.74, 6) is 0.591. The third-order valence-corrected chi connectivity index (χ3v) is 9.09. The lowest BCUT2D eigenvalue weighted by atomic mass is 9.86. The minimum absolute atomic E-state index is 0.254. The zero-order valence-corrected chi connectivity index (χ0v) is 26.2. The van der Waals surface area contributed by atoms with E-state index in [0.29, 0.717) is 21.5 Å². The van der Waals surface area contributed by atoms with Gasteiger partial charge < -0.3 is 14.6 Å². The molecule has 210 valence electrons. The van der Waals surface area contributed by atoms with Gasteiger partial charge >= 0.3 is 6.03 Å². The van der Waals surface area contributed by atoms with Crippen LogP contribution >= 0.6 is 46.7 Å². The van der Waals surface area contributed by atoms with Crippen molar-refractivity contribution in [1.82, 2.24) is 9.88 Å². The van der Waals surface area contributed by atoms with Gasteiger partial charge in [0.1, 0.15) is 21.9 Å². The molecule has 2 amide bonds. The van der Waals surface area contributed by atoms with E-state index < -0.39 is 5.54 Å². The van der Waals surface area contributed by atoms with Gasteiger partial charge in [-0.3, -0.25) is 0 Å². The highest BCUT2D eigenvalue weighted by Crippen LogP contribution is 2.43. The number of rotatable bonds is 8. The lowest BCUT2D eigenvalue weighted by Gasteiger charge is -2.41. The van der Waals surface area contributed by atoms with Gasteiger partial charge in [0.25, 0.3) is 0 Å². The number of carbonyl (C=O) groups excluding carboxylic acids is 1. The van der Waals surface area contributed by atoms with E-state index in [1.807, 2.05) is 111 Å². The monoisotopic (exact) mass is 621 g/mol. The Morgan fingerprint density at radius 2 is 1.68 bits per heavy atom. The number of nitrogens with zero attached hydrogens (tertiary/aromatic N) is 2. The maximum atomic E-state index is 14.6. The fourth-order valence-electron chi connectivity index (χ4n) is 4.91. The normalized spacial score (nSPS) is 12.7. The van der Waals surface area contributed by atoms with E-state index in [9.17, 15) is 4.79 Å². The summed E-state index contributed by atoms with van der Waals surface area (Å²) < 4.78 is 6.46. The van der Waals surface area contributed by atoms with Crippen molar-refractivity contribution in [3.63, 3.8) is 0 Å². The quantitative estimate of drug-likeness (QED) is 0.175. The number of urea groups is 1. The first kappa shape index (κ1) is 29.4. The van der Waals surface area contributed by atoms with Crippen molar-refractivity contribution < 1.29 is 9.21 Å². The van der Waals surface area contributed by atoms with Crippen LogP contribution in [0.2, 0.25) is 10.0 Å². The molecule has 9 heteroatoms. The van der Waals surface area contributed by atoms with E-state index in [1.165, 1.54) is 11.8 Å². The molecular weight excluding hydrogens is 593 g/mol. The number of thioether (sulfide) groups is 2. The summed E-state index contributed by atoms with van der Waals surface area (Å²) in [6, 6.07) is 26.5. The first-order valence-corrected chi connectivity index (χ1v) is 16.1. The van der Waals surface area contributed by atoms with Crippen LogP contribution in [-0.4, -0.2) is 28.4 Å². The molecule has 0 aliphatic rings. The van der Waals surface area contributed by atoms with Gasteiger partial charge in [0, 0.05) is 38.1 Å². The number of carbonyl (C=O) groups is 1. The highest BCUT2D eigenvalue weighted by Gasteiger charge is 2.43.